The average molecular weight is 323 g/mol. The fourth-order valence-corrected chi connectivity index (χ4v) is 2.46. The summed E-state index contributed by atoms with van der Waals surface area (Å²) in [5, 5.41) is 15.2. The fraction of sp³-hybridized carbons (Fsp3) is 0.562. The Labute approximate surface area is 136 Å². The summed E-state index contributed by atoms with van der Waals surface area (Å²) in [4.78, 5) is 14.1. The molecule has 1 aromatic rings. The number of rotatable bonds is 7. The van der Waals surface area contributed by atoms with Crippen LogP contribution in [0.1, 0.15) is 12.5 Å². The van der Waals surface area contributed by atoms with Crippen molar-refractivity contribution in [1.82, 2.24) is 10.2 Å². The number of benzene rings is 1. The summed E-state index contributed by atoms with van der Waals surface area (Å²) in [7, 11) is 1.59. The molecule has 1 amide bonds. The first kappa shape index (κ1) is 17.5. The number of aliphatic hydroxyl groups is 1. The molecule has 128 valence electrons. The molecular formula is C16H25N3O4. The van der Waals surface area contributed by atoms with Crippen LogP contribution in [0.2, 0.25) is 0 Å². The zero-order valence-electron chi connectivity index (χ0n) is 13.7. The lowest BCUT2D eigenvalue weighted by Gasteiger charge is -2.25. The van der Waals surface area contributed by atoms with Gasteiger partial charge < -0.3 is 25.2 Å². The Bertz CT molecular complexity index is 516. The van der Waals surface area contributed by atoms with Crippen molar-refractivity contribution in [1.29, 1.82) is 0 Å². The van der Waals surface area contributed by atoms with Crippen LogP contribution in [0.3, 0.4) is 0 Å². The predicted molar refractivity (Wildman–Crippen MR) is 87.4 cm³/mol. The highest BCUT2D eigenvalue weighted by Crippen LogP contribution is 2.22. The molecule has 0 radical (unpaired) electrons. The first-order valence-electron chi connectivity index (χ1n) is 7.77. The van der Waals surface area contributed by atoms with Crippen molar-refractivity contribution >= 4 is 11.6 Å². The molecule has 23 heavy (non-hydrogen) atoms. The maximum Gasteiger partial charge on any atom is 0.234 e. The molecule has 1 aromatic carbocycles. The lowest BCUT2D eigenvalue weighted by molar-refractivity contribution is -0.123. The highest BCUT2D eigenvalue weighted by atomic mass is 16.5. The Morgan fingerprint density at radius 2 is 2.17 bits per heavy atom. The standard InChI is InChI=1S/C16H25N3O4/c1-12(20)18-14-3-4-15(22-2)13(9-14)10-17-16(21)11-19-5-7-23-8-6-19/h3-4,9,12,18,20H,5-8,10-11H2,1-2H3,(H,17,21). The number of nitrogens with zero attached hydrogens (tertiary/aromatic N) is 1. The monoisotopic (exact) mass is 323 g/mol. The maximum atomic E-state index is 12.1. The lowest BCUT2D eigenvalue weighted by Crippen LogP contribution is -2.43. The number of anilines is 1. The van der Waals surface area contributed by atoms with Gasteiger partial charge in [0.2, 0.25) is 5.91 Å². The van der Waals surface area contributed by atoms with E-state index in [1.54, 1.807) is 14.0 Å². The van der Waals surface area contributed by atoms with Gasteiger partial charge in [-0.3, -0.25) is 9.69 Å². The van der Waals surface area contributed by atoms with Gasteiger partial charge in [-0.25, -0.2) is 0 Å². The van der Waals surface area contributed by atoms with Gasteiger partial charge in [0.25, 0.3) is 0 Å². The maximum absolute atomic E-state index is 12.1. The van der Waals surface area contributed by atoms with E-state index in [9.17, 15) is 9.90 Å². The highest BCUT2D eigenvalue weighted by Gasteiger charge is 2.14. The van der Waals surface area contributed by atoms with E-state index >= 15 is 0 Å². The Hall–Kier alpha value is -1.83. The number of carbonyl (C=O) groups excluding carboxylic acids is 1. The third kappa shape index (κ3) is 5.70. The number of hydrogen-bond donors (Lipinski definition) is 3. The number of nitrogens with one attached hydrogen (secondary N) is 2. The summed E-state index contributed by atoms with van der Waals surface area (Å²) < 4.78 is 10.6. The van der Waals surface area contributed by atoms with E-state index in [-0.39, 0.29) is 5.91 Å². The van der Waals surface area contributed by atoms with E-state index in [2.05, 4.69) is 15.5 Å². The van der Waals surface area contributed by atoms with Crippen LogP contribution in [-0.2, 0) is 16.1 Å². The van der Waals surface area contributed by atoms with Crippen LogP contribution in [0.5, 0.6) is 5.75 Å². The largest absolute Gasteiger partial charge is 0.496 e. The minimum atomic E-state index is -0.646. The second-order valence-electron chi connectivity index (χ2n) is 5.51. The first-order valence-corrected chi connectivity index (χ1v) is 7.77. The van der Waals surface area contributed by atoms with Gasteiger partial charge in [0, 0.05) is 30.9 Å². The van der Waals surface area contributed by atoms with E-state index in [0.717, 1.165) is 24.3 Å². The van der Waals surface area contributed by atoms with Gasteiger partial charge in [0.15, 0.2) is 0 Å². The molecule has 0 spiro atoms. The molecule has 1 heterocycles. The van der Waals surface area contributed by atoms with Crippen molar-refractivity contribution in [3.63, 3.8) is 0 Å². The Kier molecular flexibility index (Phi) is 6.64. The summed E-state index contributed by atoms with van der Waals surface area (Å²) in [6, 6.07) is 5.50. The van der Waals surface area contributed by atoms with Gasteiger partial charge in [0.05, 0.1) is 26.9 Å². The van der Waals surface area contributed by atoms with Gasteiger partial charge in [0.1, 0.15) is 12.0 Å². The van der Waals surface area contributed by atoms with Crippen molar-refractivity contribution in [2.75, 3.05) is 45.3 Å². The fourth-order valence-electron chi connectivity index (χ4n) is 2.46. The molecule has 0 bridgehead atoms. The predicted octanol–water partition coefficient (Wildman–Crippen LogP) is 0.394. The van der Waals surface area contributed by atoms with Gasteiger partial charge in [-0.05, 0) is 25.1 Å². The highest BCUT2D eigenvalue weighted by molar-refractivity contribution is 5.78. The summed E-state index contributed by atoms with van der Waals surface area (Å²) in [5.41, 5.74) is 1.63. The molecule has 1 unspecified atom stereocenters. The molecule has 7 heteroatoms. The molecular weight excluding hydrogens is 298 g/mol. The van der Waals surface area contributed by atoms with Gasteiger partial charge in [-0.2, -0.15) is 0 Å². The van der Waals surface area contributed by atoms with Crippen LogP contribution in [0.4, 0.5) is 5.69 Å². The topological polar surface area (TPSA) is 83.1 Å². The van der Waals surface area contributed by atoms with E-state index < -0.39 is 6.23 Å². The summed E-state index contributed by atoms with van der Waals surface area (Å²) in [6.07, 6.45) is -0.646. The molecule has 1 saturated heterocycles. The minimum Gasteiger partial charge on any atom is -0.496 e. The van der Waals surface area contributed by atoms with Crippen molar-refractivity contribution in [3.8, 4) is 5.75 Å². The van der Waals surface area contributed by atoms with Crippen LogP contribution in [-0.4, -0.2) is 62.1 Å². The van der Waals surface area contributed by atoms with Crippen molar-refractivity contribution in [3.05, 3.63) is 23.8 Å². The average Bonchev–Trinajstić information content (AvgIpc) is 2.53. The van der Waals surface area contributed by atoms with Crippen LogP contribution in [0, 0.1) is 0 Å². The summed E-state index contributed by atoms with van der Waals surface area (Å²) in [5.74, 6) is 0.677. The molecule has 1 aliphatic rings. The van der Waals surface area contributed by atoms with Crippen molar-refractivity contribution < 1.29 is 19.4 Å². The molecule has 1 fully saturated rings. The SMILES string of the molecule is COc1ccc(NC(C)O)cc1CNC(=O)CN1CCOCC1. The van der Waals surface area contributed by atoms with Crippen LogP contribution in [0.25, 0.3) is 0 Å². The number of hydrogen-bond acceptors (Lipinski definition) is 6. The van der Waals surface area contributed by atoms with Crippen LogP contribution in [0.15, 0.2) is 18.2 Å². The molecule has 0 saturated carbocycles. The van der Waals surface area contributed by atoms with E-state index in [0.29, 0.717) is 32.1 Å². The number of ether oxygens (including phenoxy) is 2. The summed E-state index contributed by atoms with van der Waals surface area (Å²) in [6.45, 7) is 5.31. The van der Waals surface area contributed by atoms with Gasteiger partial charge in [-0.15, -0.1) is 0 Å². The van der Waals surface area contributed by atoms with Crippen LogP contribution >= 0.6 is 0 Å². The van der Waals surface area contributed by atoms with Crippen molar-refractivity contribution in [2.24, 2.45) is 0 Å². The first-order chi connectivity index (χ1) is 11.1. The Morgan fingerprint density at radius 3 is 2.83 bits per heavy atom. The lowest BCUT2D eigenvalue weighted by atomic mass is 10.1. The number of aliphatic hydroxyl groups excluding tert-OH is 1. The second-order valence-corrected chi connectivity index (χ2v) is 5.51. The second kappa shape index (κ2) is 8.71. The molecule has 0 aromatic heterocycles. The molecule has 7 nitrogen and oxygen atoms in total. The third-order valence-corrected chi connectivity index (χ3v) is 3.60. The number of morpholine rings is 1. The zero-order chi connectivity index (χ0) is 16.7. The molecule has 0 aliphatic carbocycles. The van der Waals surface area contributed by atoms with Gasteiger partial charge >= 0.3 is 0 Å². The van der Waals surface area contributed by atoms with Gasteiger partial charge in [-0.1, -0.05) is 0 Å². The quantitative estimate of drug-likeness (QED) is 0.630. The van der Waals surface area contributed by atoms with Crippen molar-refractivity contribution in [2.45, 2.75) is 19.7 Å². The van der Waals surface area contributed by atoms with E-state index in [4.69, 9.17) is 9.47 Å². The third-order valence-electron chi connectivity index (χ3n) is 3.60. The van der Waals surface area contributed by atoms with E-state index in [1.807, 2.05) is 18.2 Å². The number of carbonyl (C=O) groups is 1. The van der Waals surface area contributed by atoms with Crippen LogP contribution < -0.4 is 15.4 Å². The number of methoxy groups -OCH3 is 1. The molecule has 1 atom stereocenters. The molecule has 3 N–H and O–H groups in total. The molecule has 2 rings (SSSR count). The van der Waals surface area contributed by atoms with E-state index in [1.165, 1.54) is 0 Å². The molecule has 1 aliphatic heterocycles. The minimum absolute atomic E-state index is 0.0251. The smallest absolute Gasteiger partial charge is 0.234 e. The summed E-state index contributed by atoms with van der Waals surface area (Å²) >= 11 is 0. The number of amides is 1. The Morgan fingerprint density at radius 1 is 1.43 bits per heavy atom. The Balaban J connectivity index is 1.91. The zero-order valence-corrected chi connectivity index (χ0v) is 13.7. The normalized spacial score (nSPS) is 16.7.